The molecule has 0 saturated heterocycles. The van der Waals surface area contributed by atoms with Crippen molar-refractivity contribution >= 4 is 0 Å². The third-order valence-electron chi connectivity index (χ3n) is 0.749. The second-order valence-electron chi connectivity index (χ2n) is 1.61. The lowest BCUT2D eigenvalue weighted by molar-refractivity contribution is -0.237. The Bertz CT molecular complexity index is 156. The number of alkyl halides is 6. The molecular formula is C4HF6N. The zero-order valence-corrected chi connectivity index (χ0v) is 4.79. The lowest BCUT2D eigenvalue weighted by atomic mass is 10.3. The summed E-state index contributed by atoms with van der Waals surface area (Å²) in [5, 5.41) is 0. The summed E-state index contributed by atoms with van der Waals surface area (Å²) in [6, 6.07) is -3.89. The molecule has 0 N–H and O–H groups in total. The van der Waals surface area contributed by atoms with Crippen molar-refractivity contribution in [3.05, 3.63) is 11.4 Å². The second-order valence-corrected chi connectivity index (χ2v) is 1.61. The average Bonchev–Trinajstić information content (AvgIpc) is 1.56. The molecule has 0 rings (SSSR count). The Morgan fingerprint density at radius 1 is 0.909 bits per heavy atom. The predicted octanol–water partition coefficient (Wildman–Crippen LogP) is 2.40. The molecule has 0 aliphatic heterocycles. The first-order valence-corrected chi connectivity index (χ1v) is 2.19. The van der Waals surface area contributed by atoms with Crippen molar-refractivity contribution in [1.82, 2.24) is 0 Å². The summed E-state index contributed by atoms with van der Waals surface area (Å²) in [7, 11) is 0. The van der Waals surface area contributed by atoms with Crippen LogP contribution in [-0.2, 0) is 0 Å². The van der Waals surface area contributed by atoms with E-state index in [4.69, 9.17) is 6.57 Å². The SMILES string of the molecule is [C-]#[N+]C(C(F)(F)F)C(F)(F)F. The molecule has 0 atom stereocenters. The van der Waals surface area contributed by atoms with Gasteiger partial charge in [0.05, 0.1) is 0 Å². The number of halogens is 6. The molecule has 0 aliphatic rings. The van der Waals surface area contributed by atoms with Crippen LogP contribution in [0.4, 0.5) is 26.3 Å². The van der Waals surface area contributed by atoms with E-state index in [1.807, 2.05) is 0 Å². The lowest BCUT2D eigenvalue weighted by Gasteiger charge is -2.11. The maximum Gasteiger partial charge on any atom is 0.475 e. The molecule has 0 bridgehead atoms. The molecule has 0 aromatic carbocycles. The van der Waals surface area contributed by atoms with E-state index in [9.17, 15) is 26.3 Å². The quantitative estimate of drug-likeness (QED) is 0.395. The fourth-order valence-corrected chi connectivity index (χ4v) is 0.332. The monoisotopic (exact) mass is 177 g/mol. The largest absolute Gasteiger partial charge is 0.475 e. The normalized spacial score (nSPS) is 13.3. The van der Waals surface area contributed by atoms with Crippen molar-refractivity contribution in [1.29, 1.82) is 0 Å². The molecule has 0 fully saturated rings. The van der Waals surface area contributed by atoms with E-state index in [1.165, 1.54) is 4.85 Å². The molecule has 0 aromatic rings. The van der Waals surface area contributed by atoms with Gasteiger partial charge in [-0.2, -0.15) is 26.3 Å². The summed E-state index contributed by atoms with van der Waals surface area (Å²) in [6.07, 6.45) is -11.1. The van der Waals surface area contributed by atoms with Crippen molar-refractivity contribution in [2.45, 2.75) is 18.4 Å². The Kier molecular flexibility index (Phi) is 2.38. The zero-order valence-electron chi connectivity index (χ0n) is 4.79. The lowest BCUT2D eigenvalue weighted by Crippen LogP contribution is -2.39. The highest BCUT2D eigenvalue weighted by Crippen LogP contribution is 2.35. The smallest absolute Gasteiger partial charge is 0.293 e. The Morgan fingerprint density at radius 3 is 1.18 bits per heavy atom. The molecule has 0 unspecified atom stereocenters. The van der Waals surface area contributed by atoms with Crippen molar-refractivity contribution in [2.24, 2.45) is 0 Å². The van der Waals surface area contributed by atoms with E-state index >= 15 is 0 Å². The summed E-state index contributed by atoms with van der Waals surface area (Å²) in [5.41, 5.74) is 0. The molecule has 0 spiro atoms. The van der Waals surface area contributed by atoms with Crippen LogP contribution in [0.3, 0.4) is 0 Å². The summed E-state index contributed by atoms with van der Waals surface area (Å²) in [5.74, 6) is 0. The van der Waals surface area contributed by atoms with Gasteiger partial charge >= 0.3 is 18.4 Å². The van der Waals surface area contributed by atoms with Crippen LogP contribution in [0.1, 0.15) is 0 Å². The molecule has 0 aliphatic carbocycles. The van der Waals surface area contributed by atoms with Gasteiger partial charge in [0.15, 0.2) is 0 Å². The minimum Gasteiger partial charge on any atom is -0.293 e. The van der Waals surface area contributed by atoms with Crippen molar-refractivity contribution in [2.75, 3.05) is 0 Å². The van der Waals surface area contributed by atoms with E-state index < -0.39 is 18.4 Å². The molecule has 0 amide bonds. The highest BCUT2D eigenvalue weighted by Gasteiger charge is 2.63. The minimum atomic E-state index is -5.53. The van der Waals surface area contributed by atoms with E-state index in [-0.39, 0.29) is 0 Å². The Hall–Kier alpha value is -0.930. The standard InChI is InChI=1S/C4HF6N/c1-11-2(3(5,6)7)4(8,9)10/h2H. The first-order chi connectivity index (χ1) is 4.69. The van der Waals surface area contributed by atoms with Gasteiger partial charge in [0.25, 0.3) is 0 Å². The van der Waals surface area contributed by atoms with Crippen LogP contribution < -0.4 is 0 Å². The van der Waals surface area contributed by atoms with Gasteiger partial charge in [-0.05, 0) is 0 Å². The van der Waals surface area contributed by atoms with Crippen LogP contribution in [0.5, 0.6) is 0 Å². The molecule has 0 aromatic heterocycles. The summed E-state index contributed by atoms with van der Waals surface area (Å²) in [4.78, 5) is 1.43. The third-order valence-corrected chi connectivity index (χ3v) is 0.749. The summed E-state index contributed by atoms with van der Waals surface area (Å²) >= 11 is 0. The Labute approximate surface area is 57.4 Å². The first-order valence-electron chi connectivity index (χ1n) is 2.19. The molecule has 11 heavy (non-hydrogen) atoms. The van der Waals surface area contributed by atoms with Crippen molar-refractivity contribution in [3.8, 4) is 0 Å². The predicted molar refractivity (Wildman–Crippen MR) is 22.5 cm³/mol. The maximum absolute atomic E-state index is 11.3. The van der Waals surface area contributed by atoms with Crippen molar-refractivity contribution in [3.63, 3.8) is 0 Å². The van der Waals surface area contributed by atoms with E-state index in [2.05, 4.69) is 0 Å². The van der Waals surface area contributed by atoms with Crippen molar-refractivity contribution < 1.29 is 26.3 Å². The van der Waals surface area contributed by atoms with E-state index in [1.54, 1.807) is 0 Å². The van der Waals surface area contributed by atoms with Gasteiger partial charge in [-0.3, -0.25) is 4.85 Å². The van der Waals surface area contributed by atoms with Gasteiger partial charge in [-0.1, -0.05) is 0 Å². The number of nitrogens with zero attached hydrogens (tertiary/aromatic N) is 1. The van der Waals surface area contributed by atoms with Gasteiger partial charge in [-0.15, -0.1) is 0 Å². The van der Waals surface area contributed by atoms with Crippen LogP contribution in [0.2, 0.25) is 0 Å². The third kappa shape index (κ3) is 2.65. The molecular weight excluding hydrogens is 176 g/mol. The number of hydrogen-bond donors (Lipinski definition) is 0. The molecule has 0 heterocycles. The highest BCUT2D eigenvalue weighted by atomic mass is 19.4. The van der Waals surface area contributed by atoms with E-state index in [0.717, 1.165) is 0 Å². The van der Waals surface area contributed by atoms with Crippen LogP contribution in [0.25, 0.3) is 4.85 Å². The first kappa shape index (κ1) is 10.1. The molecule has 64 valence electrons. The van der Waals surface area contributed by atoms with Gasteiger partial charge in [0.2, 0.25) is 0 Å². The van der Waals surface area contributed by atoms with Crippen LogP contribution in [0.15, 0.2) is 0 Å². The molecule has 1 nitrogen and oxygen atoms in total. The second kappa shape index (κ2) is 2.60. The van der Waals surface area contributed by atoms with Gasteiger partial charge in [-0.25, -0.2) is 6.57 Å². The number of hydrogen-bond acceptors (Lipinski definition) is 0. The van der Waals surface area contributed by atoms with Crippen LogP contribution >= 0.6 is 0 Å². The zero-order chi connectivity index (χ0) is 9.28. The van der Waals surface area contributed by atoms with Crippen LogP contribution in [0, 0.1) is 6.57 Å². The Morgan fingerprint density at radius 2 is 1.18 bits per heavy atom. The Balaban J connectivity index is 4.60. The molecule has 7 heteroatoms. The minimum absolute atomic E-state index is 1.43. The van der Waals surface area contributed by atoms with Gasteiger partial charge in [0, 0.05) is 0 Å². The van der Waals surface area contributed by atoms with Gasteiger partial charge < -0.3 is 0 Å². The maximum atomic E-state index is 11.3. The molecule has 0 saturated carbocycles. The number of rotatable bonds is 0. The fraction of sp³-hybridized carbons (Fsp3) is 0.750. The molecule has 0 radical (unpaired) electrons. The highest BCUT2D eigenvalue weighted by molar-refractivity contribution is 4.91. The van der Waals surface area contributed by atoms with Crippen LogP contribution in [-0.4, -0.2) is 18.4 Å². The average molecular weight is 177 g/mol. The van der Waals surface area contributed by atoms with E-state index in [0.29, 0.717) is 0 Å². The van der Waals surface area contributed by atoms with Gasteiger partial charge in [0.1, 0.15) is 0 Å². The summed E-state index contributed by atoms with van der Waals surface area (Å²) < 4.78 is 67.7. The topological polar surface area (TPSA) is 4.36 Å². The summed E-state index contributed by atoms with van der Waals surface area (Å²) in [6.45, 7) is 5.66. The fourth-order valence-electron chi connectivity index (χ4n) is 0.332.